The molecule has 2 aliphatic rings. The molecular weight excluding hydrogens is 430 g/mol. The molecule has 0 N–H and O–H groups in total. The summed E-state index contributed by atoms with van der Waals surface area (Å²) in [6.07, 6.45) is 18.2. The van der Waals surface area contributed by atoms with Crippen molar-refractivity contribution in [1.29, 1.82) is 0 Å². The number of allylic oxidation sites excluding steroid dienone is 8. The monoisotopic (exact) mass is 460 g/mol. The smallest absolute Gasteiger partial charge is 1.00 e. The molecule has 4 heteroatoms. The van der Waals surface area contributed by atoms with Gasteiger partial charge in [-0.1, -0.05) is 53.4 Å². The maximum absolute atomic E-state index is 3.33. The quantitative estimate of drug-likeness (QED) is 0.422. The zero-order valence-electron chi connectivity index (χ0n) is 16.2. The molecular formula is C20H32Cl2SiZr-2. The van der Waals surface area contributed by atoms with Gasteiger partial charge in [0.25, 0.3) is 0 Å². The van der Waals surface area contributed by atoms with Gasteiger partial charge in [-0.15, -0.1) is 12.8 Å². The van der Waals surface area contributed by atoms with E-state index in [9.17, 15) is 0 Å². The maximum Gasteiger partial charge on any atom is -1.00 e. The molecule has 0 atom stereocenters. The van der Waals surface area contributed by atoms with Crippen LogP contribution in [0.15, 0.2) is 34.4 Å². The van der Waals surface area contributed by atoms with Crippen LogP contribution in [-0.2, 0) is 23.3 Å². The zero-order chi connectivity index (χ0) is 17.0. The molecule has 0 fully saturated rings. The van der Waals surface area contributed by atoms with Crippen molar-refractivity contribution in [3.8, 4) is 0 Å². The van der Waals surface area contributed by atoms with Crippen LogP contribution in [0, 0.1) is 12.2 Å². The molecule has 136 valence electrons. The minimum absolute atomic E-state index is 0. The van der Waals surface area contributed by atoms with Gasteiger partial charge in [0, 0.05) is 0 Å². The molecule has 0 aromatic rings. The molecule has 0 heterocycles. The maximum atomic E-state index is 3.33. The summed E-state index contributed by atoms with van der Waals surface area (Å²) in [5.74, 6) is 0. The fourth-order valence-corrected chi connectivity index (χ4v) is 2.16. The molecule has 0 radical (unpaired) electrons. The molecule has 0 spiro atoms. The SMILES string of the molecule is CCCC1=[C-]CC(C)=C1.CCCC1=[C-]CC(C)=C1.C[Si](C)=[Zr+2].[Cl-].[Cl-]. The van der Waals surface area contributed by atoms with E-state index < -0.39 is 0 Å². The second-order valence-electron chi connectivity index (χ2n) is 6.24. The molecule has 0 amide bonds. The summed E-state index contributed by atoms with van der Waals surface area (Å²) >= 11 is 1.74. The van der Waals surface area contributed by atoms with Crippen LogP contribution < -0.4 is 24.8 Å². The zero-order valence-corrected chi connectivity index (χ0v) is 21.1. The van der Waals surface area contributed by atoms with Gasteiger partial charge in [-0.3, -0.25) is 12.2 Å². The van der Waals surface area contributed by atoms with Crippen molar-refractivity contribution in [1.82, 2.24) is 0 Å². The van der Waals surface area contributed by atoms with Gasteiger partial charge in [0.15, 0.2) is 0 Å². The molecule has 0 saturated carbocycles. The van der Waals surface area contributed by atoms with Gasteiger partial charge in [-0.25, -0.2) is 23.3 Å². The van der Waals surface area contributed by atoms with Crippen LogP contribution in [0.3, 0.4) is 0 Å². The molecule has 2 aliphatic carbocycles. The Morgan fingerprint density at radius 2 is 1.17 bits per heavy atom. The van der Waals surface area contributed by atoms with Gasteiger partial charge in [-0.05, 0) is 0 Å². The van der Waals surface area contributed by atoms with Crippen LogP contribution in [0.4, 0.5) is 0 Å². The number of halogens is 2. The predicted octanol–water partition coefficient (Wildman–Crippen LogP) is 0.524. The van der Waals surface area contributed by atoms with E-state index in [1.54, 1.807) is 23.3 Å². The second-order valence-corrected chi connectivity index (χ2v) is 15.6. The first-order valence-corrected chi connectivity index (χ1v) is 14.6. The normalized spacial score (nSPS) is 14.3. The third-order valence-corrected chi connectivity index (χ3v) is 3.07. The Bertz CT molecular complexity index is 432. The van der Waals surface area contributed by atoms with Crippen molar-refractivity contribution in [2.45, 2.75) is 79.3 Å². The van der Waals surface area contributed by atoms with E-state index in [-0.39, 0.29) is 30.2 Å². The summed E-state index contributed by atoms with van der Waals surface area (Å²) in [4.78, 5) is 0. The molecule has 24 heavy (non-hydrogen) atoms. The average Bonchev–Trinajstić information content (AvgIpc) is 3.00. The third kappa shape index (κ3) is 17.5. The van der Waals surface area contributed by atoms with Gasteiger partial charge in [0.2, 0.25) is 0 Å². The third-order valence-electron chi connectivity index (χ3n) is 3.07. The number of hydrogen-bond donors (Lipinski definition) is 0. The van der Waals surface area contributed by atoms with Crippen molar-refractivity contribution in [2.24, 2.45) is 0 Å². The van der Waals surface area contributed by atoms with E-state index >= 15 is 0 Å². The topological polar surface area (TPSA) is 0 Å². The molecule has 0 saturated heterocycles. The van der Waals surface area contributed by atoms with Crippen LogP contribution in [0.25, 0.3) is 0 Å². The Hall–Kier alpha value is 0.640. The van der Waals surface area contributed by atoms with Crippen LogP contribution in [0.5, 0.6) is 0 Å². The van der Waals surface area contributed by atoms with Crippen LogP contribution in [-0.4, -0.2) is 5.43 Å². The second kappa shape index (κ2) is 18.4. The van der Waals surface area contributed by atoms with Crippen molar-refractivity contribution in [3.05, 3.63) is 46.6 Å². The standard InChI is InChI=1S/2C9H13.C2H6Si.2ClH.Zr/c2*1-3-4-9-6-5-8(2)7-9;1-3-2;;;/h2*7H,3-5H2,1-2H3;1-2H3;2*1H;/q2*-1;;;;+2/p-2. The molecule has 0 unspecified atom stereocenters. The van der Waals surface area contributed by atoms with Gasteiger partial charge >= 0.3 is 41.9 Å². The van der Waals surface area contributed by atoms with E-state index in [0.29, 0.717) is 0 Å². The van der Waals surface area contributed by atoms with E-state index in [4.69, 9.17) is 0 Å². The van der Waals surface area contributed by atoms with Gasteiger partial charge in [0.05, 0.1) is 0 Å². The van der Waals surface area contributed by atoms with E-state index in [0.717, 1.165) is 12.8 Å². The van der Waals surface area contributed by atoms with Crippen LogP contribution in [0.2, 0.25) is 13.1 Å². The van der Waals surface area contributed by atoms with E-state index in [1.165, 1.54) is 48.0 Å². The molecule has 0 aliphatic heterocycles. The molecule has 0 nitrogen and oxygen atoms in total. The first-order valence-electron chi connectivity index (χ1n) is 8.44. The Kier molecular flexibility index (Phi) is 22.6. The molecule has 0 aromatic heterocycles. The molecule has 0 bridgehead atoms. The largest absolute Gasteiger partial charge is 1.00 e. The molecule has 2 rings (SSSR count). The van der Waals surface area contributed by atoms with Crippen molar-refractivity contribution in [3.63, 3.8) is 0 Å². The minimum atomic E-state index is 0. The number of hydrogen-bond acceptors (Lipinski definition) is 0. The fourth-order valence-electron chi connectivity index (χ4n) is 2.16. The number of rotatable bonds is 4. The average molecular weight is 463 g/mol. The summed E-state index contributed by atoms with van der Waals surface area (Å²) in [5, 5.41) is 0. The van der Waals surface area contributed by atoms with Gasteiger partial charge in [0.1, 0.15) is 0 Å². The van der Waals surface area contributed by atoms with Crippen molar-refractivity contribution in [2.75, 3.05) is 0 Å². The Morgan fingerprint density at radius 1 is 0.875 bits per heavy atom. The first-order chi connectivity index (χ1) is 10.4. The van der Waals surface area contributed by atoms with E-state index in [1.807, 2.05) is 0 Å². The van der Waals surface area contributed by atoms with Gasteiger partial charge < -0.3 is 24.8 Å². The van der Waals surface area contributed by atoms with Crippen LogP contribution in [0.1, 0.15) is 66.2 Å². The fraction of sp³-hybridized carbons (Fsp3) is 0.600. The predicted molar refractivity (Wildman–Crippen MR) is 97.6 cm³/mol. The van der Waals surface area contributed by atoms with Crippen molar-refractivity contribution >= 4 is 5.43 Å². The Labute approximate surface area is 178 Å². The van der Waals surface area contributed by atoms with Crippen molar-refractivity contribution < 1.29 is 48.1 Å². The summed E-state index contributed by atoms with van der Waals surface area (Å²) in [5.41, 5.74) is 5.95. The van der Waals surface area contributed by atoms with Crippen LogP contribution >= 0.6 is 0 Å². The molecule has 0 aromatic carbocycles. The summed E-state index contributed by atoms with van der Waals surface area (Å²) < 4.78 is 0. The minimum Gasteiger partial charge on any atom is -1.00 e. The van der Waals surface area contributed by atoms with E-state index in [2.05, 4.69) is 65.1 Å². The summed E-state index contributed by atoms with van der Waals surface area (Å²) in [6.45, 7) is 13.4. The summed E-state index contributed by atoms with van der Waals surface area (Å²) in [6, 6.07) is 0. The van der Waals surface area contributed by atoms with Gasteiger partial charge in [-0.2, -0.15) is 11.1 Å². The Morgan fingerprint density at radius 3 is 1.33 bits per heavy atom. The Balaban J connectivity index is -0.000000283. The first kappa shape index (κ1) is 29.4. The summed E-state index contributed by atoms with van der Waals surface area (Å²) in [7, 11) is 0.